The van der Waals surface area contributed by atoms with Gasteiger partial charge in [0.05, 0.1) is 0 Å². The van der Waals surface area contributed by atoms with E-state index < -0.39 is 5.60 Å². The summed E-state index contributed by atoms with van der Waals surface area (Å²) in [5.74, 6) is 0. The maximum absolute atomic E-state index is 10.9. The molecule has 0 aliphatic carbocycles. The Labute approximate surface area is 123 Å². The van der Waals surface area contributed by atoms with Crippen LogP contribution in [0.15, 0.2) is 66.7 Å². The van der Waals surface area contributed by atoms with Gasteiger partial charge in [0, 0.05) is 5.02 Å². The molecule has 1 atom stereocenters. The Hall–Kier alpha value is -1.83. The van der Waals surface area contributed by atoms with Crippen LogP contribution in [0.25, 0.3) is 10.8 Å². The Bertz CT molecular complexity index is 762. The average molecular weight is 283 g/mol. The van der Waals surface area contributed by atoms with Gasteiger partial charge in [-0.1, -0.05) is 60.1 Å². The van der Waals surface area contributed by atoms with E-state index in [-0.39, 0.29) is 0 Å². The van der Waals surface area contributed by atoms with Crippen LogP contribution in [0.4, 0.5) is 0 Å². The van der Waals surface area contributed by atoms with Gasteiger partial charge in [-0.2, -0.15) is 0 Å². The molecule has 0 amide bonds. The predicted octanol–water partition coefficient (Wildman–Crippen LogP) is 4.75. The first-order chi connectivity index (χ1) is 9.57. The topological polar surface area (TPSA) is 20.2 Å². The number of aliphatic hydroxyl groups is 1. The molecular formula is C18H15ClO. The molecule has 0 heterocycles. The van der Waals surface area contributed by atoms with E-state index >= 15 is 0 Å². The highest BCUT2D eigenvalue weighted by Crippen LogP contribution is 2.32. The molecule has 0 spiro atoms. The summed E-state index contributed by atoms with van der Waals surface area (Å²) in [7, 11) is 0. The van der Waals surface area contributed by atoms with E-state index in [1.54, 1.807) is 13.0 Å². The summed E-state index contributed by atoms with van der Waals surface area (Å²) >= 11 is 6.02. The molecular weight excluding hydrogens is 268 g/mol. The van der Waals surface area contributed by atoms with E-state index in [9.17, 15) is 5.11 Å². The fourth-order valence-corrected chi connectivity index (χ4v) is 2.64. The molecule has 0 bridgehead atoms. The highest BCUT2D eigenvalue weighted by Gasteiger charge is 2.25. The fraction of sp³-hybridized carbons (Fsp3) is 0.111. The van der Waals surface area contributed by atoms with E-state index in [4.69, 9.17) is 11.6 Å². The minimum atomic E-state index is -1.06. The second-order valence-corrected chi connectivity index (χ2v) is 5.58. The van der Waals surface area contributed by atoms with Crippen molar-refractivity contribution in [1.29, 1.82) is 0 Å². The van der Waals surface area contributed by atoms with Crippen molar-refractivity contribution in [2.45, 2.75) is 12.5 Å². The third-order valence-electron chi connectivity index (χ3n) is 3.70. The van der Waals surface area contributed by atoms with Crippen LogP contribution in [-0.2, 0) is 5.60 Å². The van der Waals surface area contributed by atoms with Crippen molar-refractivity contribution in [3.8, 4) is 0 Å². The van der Waals surface area contributed by atoms with Gasteiger partial charge in [-0.25, -0.2) is 0 Å². The highest BCUT2D eigenvalue weighted by atomic mass is 35.5. The molecule has 3 rings (SSSR count). The van der Waals surface area contributed by atoms with Crippen molar-refractivity contribution in [1.82, 2.24) is 0 Å². The lowest BCUT2D eigenvalue weighted by atomic mass is 9.87. The standard InChI is InChI=1S/C18H15ClO/c1-18(20,15-7-4-8-17(19)12-15)16-10-9-13-5-2-3-6-14(13)11-16/h2-12,20H,1H3. The van der Waals surface area contributed by atoms with Crippen molar-refractivity contribution in [3.63, 3.8) is 0 Å². The molecule has 0 radical (unpaired) electrons. The maximum atomic E-state index is 10.9. The van der Waals surface area contributed by atoms with Gasteiger partial charge in [-0.3, -0.25) is 0 Å². The minimum Gasteiger partial charge on any atom is -0.381 e. The molecule has 3 aromatic carbocycles. The zero-order valence-electron chi connectivity index (χ0n) is 11.2. The largest absolute Gasteiger partial charge is 0.381 e. The van der Waals surface area contributed by atoms with Crippen molar-refractivity contribution < 1.29 is 5.11 Å². The van der Waals surface area contributed by atoms with Gasteiger partial charge < -0.3 is 5.11 Å². The normalized spacial score (nSPS) is 14.2. The predicted molar refractivity (Wildman–Crippen MR) is 84.1 cm³/mol. The quantitative estimate of drug-likeness (QED) is 0.719. The number of rotatable bonds is 2. The zero-order valence-corrected chi connectivity index (χ0v) is 11.9. The third kappa shape index (κ3) is 2.31. The molecule has 0 saturated heterocycles. The van der Waals surface area contributed by atoms with Crippen molar-refractivity contribution in [3.05, 3.63) is 82.9 Å². The molecule has 0 aliphatic heterocycles. The summed E-state index contributed by atoms with van der Waals surface area (Å²) in [6, 6.07) is 21.5. The monoisotopic (exact) mass is 282 g/mol. The lowest BCUT2D eigenvalue weighted by Crippen LogP contribution is -2.22. The van der Waals surface area contributed by atoms with Crippen molar-refractivity contribution >= 4 is 22.4 Å². The number of hydrogen-bond donors (Lipinski definition) is 1. The van der Waals surface area contributed by atoms with Crippen molar-refractivity contribution in [2.24, 2.45) is 0 Å². The molecule has 0 saturated carbocycles. The number of halogens is 1. The summed E-state index contributed by atoms with van der Waals surface area (Å²) < 4.78 is 0. The molecule has 0 aliphatic rings. The summed E-state index contributed by atoms with van der Waals surface area (Å²) in [6.07, 6.45) is 0. The molecule has 3 aromatic rings. The van der Waals surface area contributed by atoms with Gasteiger partial charge in [0.2, 0.25) is 0 Å². The molecule has 0 fully saturated rings. The first-order valence-electron chi connectivity index (χ1n) is 6.55. The summed E-state index contributed by atoms with van der Waals surface area (Å²) in [6.45, 7) is 1.79. The Morgan fingerprint density at radius 3 is 2.25 bits per heavy atom. The fourth-order valence-electron chi connectivity index (χ4n) is 2.45. The first-order valence-corrected chi connectivity index (χ1v) is 6.93. The molecule has 1 unspecified atom stereocenters. The highest BCUT2D eigenvalue weighted by molar-refractivity contribution is 6.30. The number of hydrogen-bond acceptors (Lipinski definition) is 1. The van der Waals surface area contributed by atoms with Crippen LogP contribution in [0.1, 0.15) is 18.1 Å². The molecule has 20 heavy (non-hydrogen) atoms. The van der Waals surface area contributed by atoms with Gasteiger partial charge in [0.25, 0.3) is 0 Å². The van der Waals surface area contributed by atoms with Crippen LogP contribution in [0.3, 0.4) is 0 Å². The zero-order chi connectivity index (χ0) is 14.2. The summed E-state index contributed by atoms with van der Waals surface area (Å²) in [5, 5.41) is 13.8. The Morgan fingerprint density at radius 1 is 0.800 bits per heavy atom. The SMILES string of the molecule is CC(O)(c1cccc(Cl)c1)c1ccc2ccccc2c1. The molecule has 1 N–H and O–H groups in total. The second kappa shape index (κ2) is 4.93. The lowest BCUT2D eigenvalue weighted by Gasteiger charge is -2.25. The van der Waals surface area contributed by atoms with Gasteiger partial charge in [0.15, 0.2) is 0 Å². The summed E-state index contributed by atoms with van der Waals surface area (Å²) in [4.78, 5) is 0. The van der Waals surface area contributed by atoms with E-state index in [0.29, 0.717) is 5.02 Å². The molecule has 2 heteroatoms. The van der Waals surface area contributed by atoms with E-state index in [2.05, 4.69) is 6.07 Å². The van der Waals surface area contributed by atoms with E-state index in [1.807, 2.05) is 54.6 Å². The van der Waals surface area contributed by atoms with Gasteiger partial charge >= 0.3 is 0 Å². The van der Waals surface area contributed by atoms with E-state index in [0.717, 1.165) is 21.9 Å². The van der Waals surface area contributed by atoms with E-state index in [1.165, 1.54) is 0 Å². The average Bonchev–Trinajstić information content (AvgIpc) is 2.46. The lowest BCUT2D eigenvalue weighted by molar-refractivity contribution is 0.102. The number of benzene rings is 3. The van der Waals surface area contributed by atoms with Gasteiger partial charge in [-0.05, 0) is 47.0 Å². The van der Waals surface area contributed by atoms with Crippen LogP contribution in [-0.4, -0.2) is 5.11 Å². The molecule has 100 valence electrons. The summed E-state index contributed by atoms with van der Waals surface area (Å²) in [5.41, 5.74) is 0.591. The molecule has 0 aromatic heterocycles. The first kappa shape index (κ1) is 13.2. The Morgan fingerprint density at radius 2 is 1.50 bits per heavy atom. The van der Waals surface area contributed by atoms with Crippen LogP contribution in [0.5, 0.6) is 0 Å². The van der Waals surface area contributed by atoms with Crippen molar-refractivity contribution in [2.75, 3.05) is 0 Å². The smallest absolute Gasteiger partial charge is 0.112 e. The third-order valence-corrected chi connectivity index (χ3v) is 3.93. The van der Waals surface area contributed by atoms with Crippen LogP contribution >= 0.6 is 11.6 Å². The van der Waals surface area contributed by atoms with Crippen LogP contribution < -0.4 is 0 Å². The maximum Gasteiger partial charge on any atom is 0.112 e. The Kier molecular flexibility index (Phi) is 3.25. The van der Waals surface area contributed by atoms with Gasteiger partial charge in [0.1, 0.15) is 5.60 Å². The number of fused-ring (bicyclic) bond motifs is 1. The minimum absolute atomic E-state index is 0.628. The second-order valence-electron chi connectivity index (χ2n) is 5.14. The molecule has 1 nitrogen and oxygen atoms in total. The van der Waals surface area contributed by atoms with Crippen LogP contribution in [0, 0.1) is 0 Å². The Balaban J connectivity index is 2.13. The van der Waals surface area contributed by atoms with Gasteiger partial charge in [-0.15, -0.1) is 0 Å². The van der Waals surface area contributed by atoms with Crippen LogP contribution in [0.2, 0.25) is 5.02 Å².